The molecule has 1 atom stereocenters. The summed E-state index contributed by atoms with van der Waals surface area (Å²) in [5.41, 5.74) is 2.44. The third-order valence-corrected chi connectivity index (χ3v) is 5.10. The van der Waals surface area contributed by atoms with Crippen LogP contribution in [0.3, 0.4) is 0 Å². The molecule has 0 bridgehead atoms. The highest BCUT2D eigenvalue weighted by molar-refractivity contribution is 5.61. The minimum atomic E-state index is -0.0958. The lowest BCUT2D eigenvalue weighted by molar-refractivity contribution is 0.185. The number of H-pyrrole nitrogens is 1. The molecule has 5 rings (SSSR count). The summed E-state index contributed by atoms with van der Waals surface area (Å²) in [5.74, 6) is 1.76. The molecule has 1 saturated heterocycles. The van der Waals surface area contributed by atoms with E-state index in [9.17, 15) is 4.79 Å². The molecule has 2 aromatic heterocycles. The summed E-state index contributed by atoms with van der Waals surface area (Å²) >= 11 is 0. The zero-order valence-electron chi connectivity index (χ0n) is 14.4. The molecule has 6 nitrogen and oxygen atoms in total. The van der Waals surface area contributed by atoms with E-state index in [2.05, 4.69) is 4.98 Å². The van der Waals surface area contributed by atoms with Gasteiger partial charge in [-0.15, -0.1) is 0 Å². The van der Waals surface area contributed by atoms with Crippen LogP contribution in [0.15, 0.2) is 47.3 Å². The molecule has 0 amide bonds. The van der Waals surface area contributed by atoms with Crippen molar-refractivity contribution in [1.82, 2.24) is 19.7 Å². The molecule has 26 heavy (non-hydrogen) atoms. The average Bonchev–Trinajstić information content (AvgIpc) is 3.20. The molecule has 1 unspecified atom stereocenters. The molecular weight excluding hydrogens is 328 g/mol. The smallest absolute Gasteiger partial charge is 0.259 e. The van der Waals surface area contributed by atoms with Crippen LogP contribution in [0.2, 0.25) is 0 Å². The van der Waals surface area contributed by atoms with E-state index in [-0.39, 0.29) is 11.6 Å². The molecule has 1 aliphatic carbocycles. The largest absolute Gasteiger partial charge is 0.379 e. The Labute approximate surface area is 150 Å². The molecule has 1 N–H and O–H groups in total. The van der Waals surface area contributed by atoms with Gasteiger partial charge in [-0.2, -0.15) is 5.10 Å². The SMILES string of the molecule is O=c1[nH]c(C2CC2)ccc1-c1nc(-c2ccccc2)nn1C1CCOC1. The van der Waals surface area contributed by atoms with E-state index in [1.807, 2.05) is 47.1 Å². The van der Waals surface area contributed by atoms with Crippen molar-refractivity contribution >= 4 is 0 Å². The van der Waals surface area contributed by atoms with Crippen molar-refractivity contribution in [1.29, 1.82) is 0 Å². The summed E-state index contributed by atoms with van der Waals surface area (Å²) < 4.78 is 7.40. The normalized spacial score (nSPS) is 19.8. The Balaban J connectivity index is 1.62. The quantitative estimate of drug-likeness (QED) is 0.786. The van der Waals surface area contributed by atoms with Gasteiger partial charge in [-0.3, -0.25) is 4.79 Å². The standard InChI is InChI=1S/C20H20N4O2/c25-20-16(8-9-17(21-20)13-6-7-13)19-22-18(14-4-2-1-3-5-14)23-24(19)15-10-11-26-12-15/h1-5,8-9,13,15H,6-7,10-12H2,(H,21,25). The molecule has 1 aromatic carbocycles. The van der Waals surface area contributed by atoms with Crippen LogP contribution in [0.1, 0.15) is 36.9 Å². The number of rotatable bonds is 4. The zero-order valence-corrected chi connectivity index (χ0v) is 14.4. The fraction of sp³-hybridized carbons (Fsp3) is 0.350. The highest BCUT2D eigenvalue weighted by atomic mass is 16.5. The van der Waals surface area contributed by atoms with E-state index in [1.54, 1.807) is 0 Å². The number of hydrogen-bond donors (Lipinski definition) is 1. The summed E-state index contributed by atoms with van der Waals surface area (Å²) in [4.78, 5) is 20.5. The van der Waals surface area contributed by atoms with Gasteiger partial charge in [0.2, 0.25) is 0 Å². The monoisotopic (exact) mass is 348 g/mol. The van der Waals surface area contributed by atoms with Crippen molar-refractivity contribution in [2.75, 3.05) is 13.2 Å². The summed E-state index contributed by atoms with van der Waals surface area (Å²) in [6, 6.07) is 13.9. The van der Waals surface area contributed by atoms with Gasteiger partial charge in [-0.1, -0.05) is 30.3 Å². The number of aromatic nitrogens is 4. The van der Waals surface area contributed by atoms with Crippen LogP contribution in [0, 0.1) is 0 Å². The Morgan fingerprint density at radius 1 is 1.08 bits per heavy atom. The summed E-state index contributed by atoms with van der Waals surface area (Å²) in [5, 5.41) is 4.72. The van der Waals surface area contributed by atoms with Crippen molar-refractivity contribution in [2.45, 2.75) is 31.2 Å². The first kappa shape index (κ1) is 15.5. The minimum absolute atomic E-state index is 0.0958. The molecule has 6 heteroatoms. The molecule has 0 radical (unpaired) electrons. The molecule has 1 aliphatic heterocycles. The van der Waals surface area contributed by atoms with E-state index in [1.165, 1.54) is 0 Å². The van der Waals surface area contributed by atoms with Gasteiger partial charge in [0.05, 0.1) is 18.2 Å². The summed E-state index contributed by atoms with van der Waals surface area (Å²) in [7, 11) is 0. The van der Waals surface area contributed by atoms with Gasteiger partial charge in [0.1, 0.15) is 0 Å². The van der Waals surface area contributed by atoms with Crippen molar-refractivity contribution in [3.05, 3.63) is 58.5 Å². The van der Waals surface area contributed by atoms with E-state index < -0.39 is 0 Å². The second kappa shape index (κ2) is 6.21. The Morgan fingerprint density at radius 2 is 1.92 bits per heavy atom. The number of nitrogens with zero attached hydrogens (tertiary/aromatic N) is 3. The van der Waals surface area contributed by atoms with Gasteiger partial charge in [0, 0.05) is 17.9 Å². The van der Waals surface area contributed by atoms with Gasteiger partial charge in [-0.05, 0) is 37.3 Å². The summed E-state index contributed by atoms with van der Waals surface area (Å²) in [6.45, 7) is 1.31. The maximum atomic E-state index is 12.7. The molecule has 0 spiro atoms. The number of hydrogen-bond acceptors (Lipinski definition) is 4. The van der Waals surface area contributed by atoms with Crippen LogP contribution >= 0.6 is 0 Å². The zero-order chi connectivity index (χ0) is 17.5. The van der Waals surface area contributed by atoms with Crippen LogP contribution in [0.4, 0.5) is 0 Å². The lowest BCUT2D eigenvalue weighted by Gasteiger charge is -2.11. The predicted molar refractivity (Wildman–Crippen MR) is 98.0 cm³/mol. The Bertz CT molecular complexity index is 983. The van der Waals surface area contributed by atoms with E-state index in [0.29, 0.717) is 36.3 Å². The topological polar surface area (TPSA) is 72.8 Å². The van der Waals surface area contributed by atoms with Crippen LogP contribution < -0.4 is 5.56 Å². The fourth-order valence-corrected chi connectivity index (χ4v) is 3.48. The maximum Gasteiger partial charge on any atom is 0.259 e. The second-order valence-electron chi connectivity index (χ2n) is 7.02. The van der Waals surface area contributed by atoms with Crippen LogP contribution in [-0.2, 0) is 4.74 Å². The number of aromatic amines is 1. The third kappa shape index (κ3) is 2.76. The minimum Gasteiger partial charge on any atom is -0.379 e. The van der Waals surface area contributed by atoms with Gasteiger partial charge in [-0.25, -0.2) is 9.67 Å². The molecule has 2 fully saturated rings. The first-order chi connectivity index (χ1) is 12.8. The predicted octanol–water partition coefficient (Wildman–Crippen LogP) is 3.14. The van der Waals surface area contributed by atoms with Crippen molar-refractivity contribution < 1.29 is 4.74 Å². The molecule has 3 heterocycles. The highest BCUT2D eigenvalue weighted by Crippen LogP contribution is 2.38. The maximum absolute atomic E-state index is 12.7. The Kier molecular flexibility index (Phi) is 3.71. The van der Waals surface area contributed by atoms with Gasteiger partial charge in [0.25, 0.3) is 5.56 Å². The highest BCUT2D eigenvalue weighted by Gasteiger charge is 2.27. The molecule has 3 aromatic rings. The summed E-state index contributed by atoms with van der Waals surface area (Å²) in [6.07, 6.45) is 3.19. The number of ether oxygens (including phenoxy) is 1. The molecule has 2 aliphatic rings. The van der Waals surface area contributed by atoms with Gasteiger partial charge in [0.15, 0.2) is 11.6 Å². The fourth-order valence-electron chi connectivity index (χ4n) is 3.48. The van der Waals surface area contributed by atoms with Gasteiger partial charge >= 0.3 is 0 Å². The first-order valence-electron chi connectivity index (χ1n) is 9.13. The Morgan fingerprint density at radius 3 is 2.62 bits per heavy atom. The van der Waals surface area contributed by atoms with Crippen LogP contribution in [0.25, 0.3) is 22.8 Å². The average molecular weight is 348 g/mol. The van der Waals surface area contributed by atoms with E-state index >= 15 is 0 Å². The lowest BCUT2D eigenvalue weighted by atomic mass is 10.2. The molecule has 132 valence electrons. The lowest BCUT2D eigenvalue weighted by Crippen LogP contribution is -2.17. The first-order valence-corrected chi connectivity index (χ1v) is 9.13. The number of pyridine rings is 1. The second-order valence-corrected chi connectivity index (χ2v) is 7.02. The Hall–Kier alpha value is -2.73. The molecule has 1 saturated carbocycles. The van der Waals surface area contributed by atoms with Crippen LogP contribution in [0.5, 0.6) is 0 Å². The van der Waals surface area contributed by atoms with Gasteiger partial charge < -0.3 is 9.72 Å². The molecular formula is C20H20N4O2. The van der Waals surface area contributed by atoms with Crippen LogP contribution in [-0.4, -0.2) is 33.0 Å². The number of benzene rings is 1. The van der Waals surface area contributed by atoms with E-state index in [0.717, 1.165) is 30.5 Å². The third-order valence-electron chi connectivity index (χ3n) is 5.10. The van der Waals surface area contributed by atoms with E-state index in [4.69, 9.17) is 14.8 Å². The number of nitrogens with one attached hydrogen (secondary N) is 1. The van der Waals surface area contributed by atoms with Crippen molar-refractivity contribution in [2.24, 2.45) is 0 Å². The van der Waals surface area contributed by atoms with Crippen molar-refractivity contribution in [3.8, 4) is 22.8 Å². The van der Waals surface area contributed by atoms with Crippen molar-refractivity contribution in [3.63, 3.8) is 0 Å².